The minimum atomic E-state index is -0.403. The first-order chi connectivity index (χ1) is 13.1. The van der Waals surface area contributed by atoms with Crippen LogP contribution in [-0.4, -0.2) is 36.0 Å². The number of nitrogens with one attached hydrogen (secondary N) is 1. The van der Waals surface area contributed by atoms with E-state index in [0.29, 0.717) is 36.0 Å². The van der Waals surface area contributed by atoms with Crippen LogP contribution >= 0.6 is 11.6 Å². The van der Waals surface area contributed by atoms with E-state index < -0.39 is 6.10 Å². The van der Waals surface area contributed by atoms with Crippen LogP contribution in [-0.2, 0) is 16.1 Å². The van der Waals surface area contributed by atoms with Crippen LogP contribution in [0.3, 0.4) is 0 Å². The Morgan fingerprint density at radius 1 is 1.22 bits per heavy atom. The fourth-order valence-electron chi connectivity index (χ4n) is 3.10. The predicted octanol–water partition coefficient (Wildman–Crippen LogP) is 4.12. The molecule has 2 amide bonds. The number of hydrogen-bond donors (Lipinski definition) is 1. The summed E-state index contributed by atoms with van der Waals surface area (Å²) < 4.78 is 5.40. The smallest absolute Gasteiger partial charge is 0.254 e. The second-order valence-electron chi connectivity index (χ2n) is 6.52. The lowest BCUT2D eigenvalue weighted by Gasteiger charge is -2.21. The van der Waals surface area contributed by atoms with E-state index >= 15 is 0 Å². The van der Waals surface area contributed by atoms with Crippen molar-refractivity contribution in [2.24, 2.45) is 0 Å². The third-order valence-electron chi connectivity index (χ3n) is 4.53. The number of anilines is 1. The zero-order valence-corrected chi connectivity index (χ0v) is 16.0. The summed E-state index contributed by atoms with van der Waals surface area (Å²) in [6, 6.07) is 14.5. The molecule has 1 fully saturated rings. The molecule has 1 N–H and O–H groups in total. The van der Waals surface area contributed by atoms with Gasteiger partial charge in [-0.05, 0) is 55.7 Å². The number of benzene rings is 2. The molecule has 1 aliphatic rings. The van der Waals surface area contributed by atoms with Crippen molar-refractivity contribution in [3.63, 3.8) is 0 Å². The Hall–Kier alpha value is -2.37. The summed E-state index contributed by atoms with van der Waals surface area (Å²) in [6.07, 6.45) is 1.22. The molecule has 0 radical (unpaired) electrons. The summed E-state index contributed by atoms with van der Waals surface area (Å²) in [5.41, 5.74) is 2.10. The lowest BCUT2D eigenvalue weighted by Crippen LogP contribution is -2.30. The van der Waals surface area contributed by atoms with E-state index in [4.69, 9.17) is 16.3 Å². The van der Waals surface area contributed by atoms with Crippen molar-refractivity contribution in [2.45, 2.75) is 32.4 Å². The monoisotopic (exact) mass is 386 g/mol. The normalized spacial score (nSPS) is 16.1. The van der Waals surface area contributed by atoms with Gasteiger partial charge in [-0.1, -0.05) is 29.8 Å². The summed E-state index contributed by atoms with van der Waals surface area (Å²) in [5, 5.41) is 3.49. The second kappa shape index (κ2) is 9.02. The van der Waals surface area contributed by atoms with Crippen molar-refractivity contribution < 1.29 is 14.3 Å². The minimum Gasteiger partial charge on any atom is -0.368 e. The van der Waals surface area contributed by atoms with Gasteiger partial charge in [-0.2, -0.15) is 0 Å². The van der Waals surface area contributed by atoms with E-state index in [-0.39, 0.29) is 11.8 Å². The first-order valence-electron chi connectivity index (χ1n) is 9.13. The molecule has 0 spiro atoms. The zero-order chi connectivity index (χ0) is 19.2. The summed E-state index contributed by atoms with van der Waals surface area (Å²) in [4.78, 5) is 26.9. The molecule has 0 aromatic heterocycles. The Labute approximate surface area is 164 Å². The van der Waals surface area contributed by atoms with Crippen molar-refractivity contribution in [3.8, 4) is 0 Å². The van der Waals surface area contributed by atoms with E-state index in [1.165, 1.54) is 0 Å². The molecule has 6 heteroatoms. The van der Waals surface area contributed by atoms with E-state index in [2.05, 4.69) is 5.32 Å². The Bertz CT molecular complexity index is 819. The Kier molecular flexibility index (Phi) is 6.48. The molecule has 0 bridgehead atoms. The first-order valence-corrected chi connectivity index (χ1v) is 9.51. The standard InChI is InChI=1S/C21H23ClN2O3/c1-2-24(14-15-6-3-8-17(22)12-15)21(26)16-7-4-9-18(13-16)23-20(25)19-10-5-11-27-19/h3-4,6-9,12-13,19H,2,5,10-11,14H2,1H3,(H,23,25). The number of hydrogen-bond acceptors (Lipinski definition) is 3. The molecular formula is C21H23ClN2O3. The number of nitrogens with zero attached hydrogens (tertiary/aromatic N) is 1. The highest BCUT2D eigenvalue weighted by Gasteiger charge is 2.24. The van der Waals surface area contributed by atoms with Crippen LogP contribution in [0.1, 0.15) is 35.7 Å². The maximum absolute atomic E-state index is 12.9. The molecule has 1 heterocycles. The fourth-order valence-corrected chi connectivity index (χ4v) is 3.32. The minimum absolute atomic E-state index is 0.0920. The summed E-state index contributed by atoms with van der Waals surface area (Å²) in [7, 11) is 0. The van der Waals surface area contributed by atoms with Crippen LogP contribution in [0.5, 0.6) is 0 Å². The van der Waals surface area contributed by atoms with Gasteiger partial charge < -0.3 is 15.0 Å². The maximum atomic E-state index is 12.9. The van der Waals surface area contributed by atoms with Gasteiger partial charge in [0, 0.05) is 36.0 Å². The van der Waals surface area contributed by atoms with Crippen molar-refractivity contribution in [3.05, 3.63) is 64.7 Å². The zero-order valence-electron chi connectivity index (χ0n) is 15.3. The van der Waals surface area contributed by atoms with Crippen molar-refractivity contribution in [1.29, 1.82) is 0 Å². The lowest BCUT2D eigenvalue weighted by molar-refractivity contribution is -0.124. The lowest BCUT2D eigenvalue weighted by atomic mass is 10.1. The molecule has 0 aliphatic carbocycles. The topological polar surface area (TPSA) is 58.6 Å². The largest absolute Gasteiger partial charge is 0.368 e. The predicted molar refractivity (Wildman–Crippen MR) is 106 cm³/mol. The molecular weight excluding hydrogens is 364 g/mol. The summed E-state index contributed by atoms with van der Waals surface area (Å²) in [5.74, 6) is -0.255. The Balaban J connectivity index is 1.70. The number of rotatable bonds is 6. The quantitative estimate of drug-likeness (QED) is 0.812. The van der Waals surface area contributed by atoms with Gasteiger partial charge in [-0.25, -0.2) is 0 Å². The summed E-state index contributed by atoms with van der Waals surface area (Å²) >= 11 is 6.04. The molecule has 3 rings (SSSR count). The third kappa shape index (κ3) is 5.08. The van der Waals surface area contributed by atoms with Crippen LogP contribution in [0.4, 0.5) is 5.69 Å². The molecule has 0 saturated carbocycles. The van der Waals surface area contributed by atoms with Gasteiger partial charge in [0.1, 0.15) is 6.10 Å². The number of ether oxygens (including phenoxy) is 1. The van der Waals surface area contributed by atoms with Crippen molar-refractivity contribution in [1.82, 2.24) is 4.90 Å². The molecule has 1 saturated heterocycles. The van der Waals surface area contributed by atoms with E-state index in [1.54, 1.807) is 29.2 Å². The van der Waals surface area contributed by atoms with Crippen LogP contribution in [0, 0.1) is 0 Å². The summed E-state index contributed by atoms with van der Waals surface area (Å²) in [6.45, 7) is 3.59. The van der Waals surface area contributed by atoms with Gasteiger partial charge in [0.25, 0.3) is 11.8 Å². The van der Waals surface area contributed by atoms with Crippen LogP contribution in [0.25, 0.3) is 0 Å². The van der Waals surface area contributed by atoms with Gasteiger partial charge in [-0.3, -0.25) is 9.59 Å². The fraction of sp³-hybridized carbons (Fsp3) is 0.333. The molecule has 1 unspecified atom stereocenters. The number of carbonyl (C=O) groups is 2. The van der Waals surface area contributed by atoms with Crippen LogP contribution in [0.2, 0.25) is 5.02 Å². The van der Waals surface area contributed by atoms with E-state index in [9.17, 15) is 9.59 Å². The molecule has 27 heavy (non-hydrogen) atoms. The first kappa shape index (κ1) is 19.4. The molecule has 1 aliphatic heterocycles. The van der Waals surface area contributed by atoms with Crippen molar-refractivity contribution in [2.75, 3.05) is 18.5 Å². The SMILES string of the molecule is CCN(Cc1cccc(Cl)c1)C(=O)c1cccc(NC(=O)C2CCCO2)c1. The average molecular weight is 387 g/mol. The average Bonchev–Trinajstić information content (AvgIpc) is 3.21. The van der Waals surface area contributed by atoms with Crippen LogP contribution < -0.4 is 5.32 Å². The van der Waals surface area contributed by atoms with E-state index in [1.807, 2.05) is 31.2 Å². The van der Waals surface area contributed by atoms with Crippen molar-refractivity contribution >= 4 is 29.1 Å². The Morgan fingerprint density at radius 2 is 2.04 bits per heavy atom. The van der Waals surface area contributed by atoms with Crippen LogP contribution in [0.15, 0.2) is 48.5 Å². The molecule has 142 valence electrons. The highest BCUT2D eigenvalue weighted by atomic mass is 35.5. The molecule has 5 nitrogen and oxygen atoms in total. The van der Waals surface area contributed by atoms with Gasteiger partial charge >= 0.3 is 0 Å². The Morgan fingerprint density at radius 3 is 2.74 bits per heavy atom. The second-order valence-corrected chi connectivity index (χ2v) is 6.96. The third-order valence-corrected chi connectivity index (χ3v) is 4.77. The van der Waals surface area contributed by atoms with Gasteiger partial charge in [0.2, 0.25) is 0 Å². The number of carbonyl (C=O) groups excluding carboxylic acids is 2. The molecule has 1 atom stereocenters. The maximum Gasteiger partial charge on any atom is 0.254 e. The highest BCUT2D eigenvalue weighted by Crippen LogP contribution is 2.18. The molecule has 2 aromatic carbocycles. The van der Waals surface area contributed by atoms with Gasteiger partial charge in [-0.15, -0.1) is 0 Å². The van der Waals surface area contributed by atoms with Gasteiger partial charge in [0.15, 0.2) is 0 Å². The number of halogens is 1. The van der Waals surface area contributed by atoms with E-state index in [0.717, 1.165) is 18.4 Å². The highest BCUT2D eigenvalue weighted by molar-refractivity contribution is 6.30. The molecule has 2 aromatic rings. The number of amides is 2. The van der Waals surface area contributed by atoms with Gasteiger partial charge in [0.05, 0.1) is 0 Å².